The van der Waals surface area contributed by atoms with E-state index in [2.05, 4.69) is 6.92 Å². The summed E-state index contributed by atoms with van der Waals surface area (Å²) >= 11 is 0. The highest BCUT2D eigenvalue weighted by Crippen LogP contribution is 2.67. The van der Waals surface area contributed by atoms with Crippen molar-refractivity contribution in [2.24, 2.45) is 40.4 Å². The quantitative estimate of drug-likeness (QED) is 0.812. The van der Waals surface area contributed by atoms with E-state index >= 15 is 0 Å². The molecule has 8 atom stereocenters. The van der Waals surface area contributed by atoms with Crippen molar-refractivity contribution in [3.05, 3.63) is 0 Å². The Morgan fingerprint density at radius 1 is 1.04 bits per heavy atom. The van der Waals surface area contributed by atoms with Crippen molar-refractivity contribution in [1.29, 1.82) is 0 Å². The number of Topliss-reactive ketones (excluding diaryl/α,β-unsaturated/α-hetero) is 1. The number of carbonyl (C=O) groups is 1. The lowest BCUT2D eigenvalue weighted by atomic mass is 9.44. The first-order valence-corrected chi connectivity index (χ1v) is 10.2. The van der Waals surface area contributed by atoms with E-state index in [-0.39, 0.29) is 24.0 Å². The molecule has 0 saturated heterocycles. The van der Waals surface area contributed by atoms with E-state index in [0.29, 0.717) is 29.0 Å². The Hall–Kier alpha value is -0.410. The molecule has 0 spiro atoms. The monoisotopic (exact) mass is 334 g/mol. The van der Waals surface area contributed by atoms with Crippen molar-refractivity contribution in [3.63, 3.8) is 0 Å². The Morgan fingerprint density at radius 3 is 2.54 bits per heavy atom. The smallest absolute Gasteiger partial charge is 0.136 e. The lowest BCUT2D eigenvalue weighted by Gasteiger charge is -2.61. The first kappa shape index (κ1) is 17.0. The second-order valence-corrected chi connectivity index (χ2v) is 9.68. The summed E-state index contributed by atoms with van der Waals surface area (Å²) in [4.78, 5) is 12.7. The predicted octanol–water partition coefficient (Wildman–Crippen LogP) is 3.57. The van der Waals surface area contributed by atoms with E-state index < -0.39 is 0 Å². The molecular formula is C21H34O3. The molecule has 0 radical (unpaired) electrons. The number of hydrogen-bond acceptors (Lipinski definition) is 3. The molecule has 0 aromatic carbocycles. The molecule has 136 valence electrons. The van der Waals surface area contributed by atoms with Gasteiger partial charge in [-0.05, 0) is 99.7 Å². The second kappa shape index (κ2) is 5.81. The minimum Gasteiger partial charge on any atom is -0.396 e. The second-order valence-electron chi connectivity index (χ2n) is 9.68. The van der Waals surface area contributed by atoms with Gasteiger partial charge in [0.15, 0.2) is 0 Å². The van der Waals surface area contributed by atoms with Crippen LogP contribution in [-0.4, -0.2) is 28.7 Å². The fourth-order valence-electron chi connectivity index (χ4n) is 8.00. The molecule has 3 nitrogen and oxygen atoms in total. The number of aliphatic hydroxyl groups excluding tert-OH is 2. The summed E-state index contributed by atoms with van der Waals surface area (Å²) in [5, 5.41) is 20.0. The number of ketones is 1. The van der Waals surface area contributed by atoms with Gasteiger partial charge in [0, 0.05) is 12.0 Å². The summed E-state index contributed by atoms with van der Waals surface area (Å²) in [5.74, 6) is 3.08. The maximum atomic E-state index is 12.7. The zero-order valence-corrected chi connectivity index (χ0v) is 15.3. The fraction of sp³-hybridized carbons (Fsp3) is 0.952. The molecule has 24 heavy (non-hydrogen) atoms. The molecule has 4 rings (SSSR count). The maximum absolute atomic E-state index is 12.7. The Kier molecular flexibility index (Phi) is 4.12. The third-order valence-corrected chi connectivity index (χ3v) is 9.20. The molecule has 0 aliphatic heterocycles. The van der Waals surface area contributed by atoms with Crippen LogP contribution in [0.25, 0.3) is 0 Å². The molecule has 2 N–H and O–H groups in total. The van der Waals surface area contributed by atoms with Crippen molar-refractivity contribution < 1.29 is 15.0 Å². The van der Waals surface area contributed by atoms with E-state index in [9.17, 15) is 15.0 Å². The molecule has 4 aliphatic rings. The van der Waals surface area contributed by atoms with Gasteiger partial charge in [0.2, 0.25) is 0 Å². The van der Waals surface area contributed by atoms with Crippen LogP contribution in [-0.2, 0) is 4.79 Å². The summed E-state index contributed by atoms with van der Waals surface area (Å²) in [7, 11) is 0. The van der Waals surface area contributed by atoms with Crippen molar-refractivity contribution in [3.8, 4) is 0 Å². The maximum Gasteiger partial charge on any atom is 0.136 e. The van der Waals surface area contributed by atoms with Crippen molar-refractivity contribution in [1.82, 2.24) is 0 Å². The Bertz CT molecular complexity index is 517. The van der Waals surface area contributed by atoms with E-state index in [1.54, 1.807) is 6.92 Å². The average Bonchev–Trinajstić information content (AvgIpc) is 2.95. The molecular weight excluding hydrogens is 300 g/mol. The van der Waals surface area contributed by atoms with Gasteiger partial charge in [0.1, 0.15) is 5.78 Å². The molecule has 0 amide bonds. The number of fused-ring (bicyclic) bond motifs is 5. The third kappa shape index (κ3) is 2.13. The Morgan fingerprint density at radius 2 is 1.83 bits per heavy atom. The number of hydrogen-bond donors (Lipinski definition) is 2. The van der Waals surface area contributed by atoms with Crippen LogP contribution in [0, 0.1) is 40.4 Å². The van der Waals surface area contributed by atoms with Crippen LogP contribution < -0.4 is 0 Å². The van der Waals surface area contributed by atoms with Crippen molar-refractivity contribution >= 4 is 5.78 Å². The van der Waals surface area contributed by atoms with Crippen LogP contribution in [0.5, 0.6) is 0 Å². The highest BCUT2D eigenvalue weighted by Gasteiger charge is 2.63. The van der Waals surface area contributed by atoms with E-state index in [1.807, 2.05) is 0 Å². The van der Waals surface area contributed by atoms with Gasteiger partial charge in [-0.3, -0.25) is 4.79 Å². The first-order valence-electron chi connectivity index (χ1n) is 10.2. The molecule has 4 aliphatic carbocycles. The minimum atomic E-state index is -0.229. The third-order valence-electron chi connectivity index (χ3n) is 9.20. The lowest BCUT2D eigenvalue weighted by molar-refractivity contribution is -0.155. The van der Waals surface area contributed by atoms with Crippen LogP contribution in [0.1, 0.15) is 71.6 Å². The van der Waals surface area contributed by atoms with Crippen LogP contribution in [0.15, 0.2) is 0 Å². The summed E-state index contributed by atoms with van der Waals surface area (Å²) in [6.07, 6.45) is 9.77. The molecule has 0 aromatic rings. The van der Waals surface area contributed by atoms with E-state index in [4.69, 9.17) is 0 Å². The Labute approximate surface area is 146 Å². The zero-order chi connectivity index (χ0) is 17.1. The zero-order valence-electron chi connectivity index (χ0n) is 15.3. The van der Waals surface area contributed by atoms with E-state index in [1.165, 1.54) is 12.8 Å². The van der Waals surface area contributed by atoms with Gasteiger partial charge in [0.25, 0.3) is 0 Å². The summed E-state index contributed by atoms with van der Waals surface area (Å²) < 4.78 is 0. The molecule has 4 unspecified atom stereocenters. The predicted molar refractivity (Wildman–Crippen MR) is 93.3 cm³/mol. The number of carbonyl (C=O) groups excluding carboxylic acids is 1. The Balaban J connectivity index is 1.66. The minimum absolute atomic E-state index is 0.0928. The van der Waals surface area contributed by atoms with Gasteiger partial charge in [-0.1, -0.05) is 6.92 Å². The topological polar surface area (TPSA) is 57.5 Å². The van der Waals surface area contributed by atoms with Crippen LogP contribution in [0.2, 0.25) is 0 Å². The number of rotatable bonds is 2. The number of aliphatic hydroxyl groups is 2. The molecule has 0 bridgehead atoms. The summed E-state index contributed by atoms with van der Waals surface area (Å²) in [6.45, 7) is 4.45. The highest BCUT2D eigenvalue weighted by molar-refractivity contribution is 5.83. The van der Waals surface area contributed by atoms with Gasteiger partial charge in [-0.25, -0.2) is 0 Å². The van der Waals surface area contributed by atoms with Crippen LogP contribution in [0.4, 0.5) is 0 Å². The molecule has 4 saturated carbocycles. The first-order chi connectivity index (χ1) is 11.4. The molecule has 0 aromatic heterocycles. The van der Waals surface area contributed by atoms with Crippen molar-refractivity contribution in [2.45, 2.75) is 77.7 Å². The SMILES string of the molecule is CC(=O)C12CC[C@H]3C(CC[C@H]4C[C@H](O)CCC43C)[C@@H]1CCC2CO. The fourth-order valence-corrected chi connectivity index (χ4v) is 8.00. The van der Waals surface area contributed by atoms with Gasteiger partial charge >= 0.3 is 0 Å². The summed E-state index contributed by atoms with van der Waals surface area (Å²) in [6, 6.07) is 0. The lowest BCUT2D eigenvalue weighted by Crippen LogP contribution is -2.56. The summed E-state index contributed by atoms with van der Waals surface area (Å²) in [5.41, 5.74) is 0.135. The van der Waals surface area contributed by atoms with Gasteiger partial charge in [0.05, 0.1) is 6.10 Å². The van der Waals surface area contributed by atoms with Gasteiger partial charge in [-0.15, -0.1) is 0 Å². The molecule has 4 fully saturated rings. The van der Waals surface area contributed by atoms with Crippen LogP contribution >= 0.6 is 0 Å². The standard InChI is InChI=1S/C21H34O3/c1-13(23)21-10-8-18-17(19(21)6-4-15(21)12-22)5-3-14-11-16(24)7-9-20(14,18)2/h14-19,22,24H,3-12H2,1-2H3/t14-,15?,16+,17?,18-,19-,20?,21?/m0/s1. The largest absolute Gasteiger partial charge is 0.396 e. The molecule has 0 heterocycles. The normalized spacial score (nSPS) is 53.8. The van der Waals surface area contributed by atoms with Gasteiger partial charge in [-0.2, -0.15) is 0 Å². The van der Waals surface area contributed by atoms with Crippen LogP contribution in [0.3, 0.4) is 0 Å². The van der Waals surface area contributed by atoms with E-state index in [0.717, 1.165) is 50.9 Å². The average molecular weight is 335 g/mol. The van der Waals surface area contributed by atoms with Gasteiger partial charge < -0.3 is 10.2 Å². The molecule has 3 heteroatoms. The van der Waals surface area contributed by atoms with Crippen molar-refractivity contribution in [2.75, 3.05) is 6.61 Å². The highest BCUT2D eigenvalue weighted by atomic mass is 16.3.